The molecule has 1 heterocycles. The number of sulfonamides is 1. The summed E-state index contributed by atoms with van der Waals surface area (Å²) in [6.45, 7) is 1.91. The molecule has 0 saturated carbocycles. The summed E-state index contributed by atoms with van der Waals surface area (Å²) in [6, 6.07) is 10.8. The van der Waals surface area contributed by atoms with Gasteiger partial charge in [-0.25, -0.2) is 17.8 Å². The fourth-order valence-electron chi connectivity index (χ4n) is 3.17. The Morgan fingerprint density at radius 3 is 2.55 bits per heavy atom. The summed E-state index contributed by atoms with van der Waals surface area (Å²) in [5.41, 5.74) is 2.48. The molecule has 1 amide bonds. The zero-order chi connectivity index (χ0) is 21.2. The van der Waals surface area contributed by atoms with Crippen LogP contribution in [0.5, 0.6) is 0 Å². The molecule has 0 fully saturated rings. The average molecular weight is 438 g/mol. The monoisotopic (exact) mass is 437 g/mol. The third kappa shape index (κ3) is 5.13. The standard InChI is InChI=1S/C20H21ClFN3O3S/c1-3-4-20(26)25-19(14-7-10-16(21)17(22)11-14)12-18(23-25)13-5-8-15(9-6-13)24-29(2,27)28/h5-11,19,24H,3-4,12H2,1-2H3/t19-/m1/s1. The third-order valence-electron chi connectivity index (χ3n) is 4.48. The van der Waals surface area contributed by atoms with Crippen molar-refractivity contribution in [2.24, 2.45) is 5.10 Å². The molecule has 29 heavy (non-hydrogen) atoms. The van der Waals surface area contributed by atoms with Gasteiger partial charge in [0.25, 0.3) is 0 Å². The van der Waals surface area contributed by atoms with Crippen LogP contribution in [0.3, 0.4) is 0 Å². The van der Waals surface area contributed by atoms with Crippen LogP contribution in [-0.2, 0) is 14.8 Å². The Balaban J connectivity index is 1.90. The van der Waals surface area contributed by atoms with Crippen LogP contribution >= 0.6 is 11.6 Å². The Hall–Kier alpha value is -2.45. The van der Waals surface area contributed by atoms with Gasteiger partial charge in [-0.2, -0.15) is 5.10 Å². The molecule has 0 unspecified atom stereocenters. The first kappa shape index (κ1) is 21.3. The lowest BCUT2D eigenvalue weighted by molar-refractivity contribution is -0.133. The lowest BCUT2D eigenvalue weighted by Gasteiger charge is -2.22. The first-order chi connectivity index (χ1) is 13.7. The Morgan fingerprint density at radius 1 is 1.28 bits per heavy atom. The highest BCUT2D eigenvalue weighted by Crippen LogP contribution is 2.34. The highest BCUT2D eigenvalue weighted by atomic mass is 35.5. The summed E-state index contributed by atoms with van der Waals surface area (Å²) in [7, 11) is -3.37. The summed E-state index contributed by atoms with van der Waals surface area (Å²) in [5.74, 6) is -0.685. The molecule has 1 N–H and O–H groups in total. The number of amides is 1. The van der Waals surface area contributed by atoms with Crippen molar-refractivity contribution in [3.8, 4) is 0 Å². The number of rotatable bonds is 6. The molecule has 6 nitrogen and oxygen atoms in total. The SMILES string of the molecule is CCCC(=O)N1N=C(c2ccc(NS(C)(=O)=O)cc2)C[C@@H]1c1ccc(Cl)c(F)c1. The quantitative estimate of drug-likeness (QED) is 0.730. The normalized spacial score (nSPS) is 16.6. The van der Waals surface area contributed by atoms with Crippen molar-refractivity contribution < 1.29 is 17.6 Å². The fraction of sp³-hybridized carbons (Fsp3) is 0.300. The maximum atomic E-state index is 14.0. The van der Waals surface area contributed by atoms with Crippen molar-refractivity contribution in [1.82, 2.24) is 5.01 Å². The molecule has 2 aromatic carbocycles. The second-order valence-electron chi connectivity index (χ2n) is 6.88. The van der Waals surface area contributed by atoms with E-state index in [-0.39, 0.29) is 10.9 Å². The van der Waals surface area contributed by atoms with E-state index in [0.717, 1.165) is 11.8 Å². The van der Waals surface area contributed by atoms with Crippen molar-refractivity contribution in [1.29, 1.82) is 0 Å². The van der Waals surface area contributed by atoms with E-state index in [1.54, 1.807) is 30.3 Å². The van der Waals surface area contributed by atoms with Gasteiger partial charge >= 0.3 is 0 Å². The minimum Gasteiger partial charge on any atom is -0.284 e. The lowest BCUT2D eigenvalue weighted by atomic mass is 9.98. The molecule has 0 spiro atoms. The van der Waals surface area contributed by atoms with Gasteiger partial charge in [0.2, 0.25) is 15.9 Å². The number of benzene rings is 2. The molecule has 0 aliphatic carbocycles. The van der Waals surface area contributed by atoms with Crippen LogP contribution in [0.2, 0.25) is 5.02 Å². The van der Waals surface area contributed by atoms with Crippen LogP contribution in [-0.4, -0.2) is 31.3 Å². The first-order valence-corrected chi connectivity index (χ1v) is 11.4. The number of carbonyl (C=O) groups is 1. The van der Waals surface area contributed by atoms with Gasteiger partial charge < -0.3 is 0 Å². The molecule has 0 saturated heterocycles. The van der Waals surface area contributed by atoms with E-state index in [4.69, 9.17) is 11.6 Å². The maximum absolute atomic E-state index is 14.0. The molecule has 1 aliphatic rings. The molecule has 2 aromatic rings. The highest BCUT2D eigenvalue weighted by molar-refractivity contribution is 7.92. The van der Waals surface area contributed by atoms with E-state index in [9.17, 15) is 17.6 Å². The topological polar surface area (TPSA) is 78.8 Å². The molecule has 154 valence electrons. The van der Waals surface area contributed by atoms with Gasteiger partial charge in [0.1, 0.15) is 5.82 Å². The summed E-state index contributed by atoms with van der Waals surface area (Å²) in [5, 5.41) is 5.93. The molecule has 0 aromatic heterocycles. The van der Waals surface area contributed by atoms with Crippen molar-refractivity contribution in [2.75, 3.05) is 11.0 Å². The van der Waals surface area contributed by atoms with Gasteiger partial charge in [-0.3, -0.25) is 9.52 Å². The molecule has 9 heteroatoms. The minimum absolute atomic E-state index is 0.0216. The first-order valence-electron chi connectivity index (χ1n) is 9.10. The number of hydrazone groups is 1. The predicted molar refractivity (Wildman–Crippen MR) is 112 cm³/mol. The lowest BCUT2D eigenvalue weighted by Crippen LogP contribution is -2.26. The van der Waals surface area contributed by atoms with E-state index in [2.05, 4.69) is 9.82 Å². The molecule has 0 bridgehead atoms. The second-order valence-corrected chi connectivity index (χ2v) is 9.04. The van der Waals surface area contributed by atoms with Crippen LogP contribution in [0, 0.1) is 5.82 Å². The summed E-state index contributed by atoms with van der Waals surface area (Å²) in [6.07, 6.45) is 2.50. The number of hydrogen-bond donors (Lipinski definition) is 1. The predicted octanol–water partition coefficient (Wildman–Crippen LogP) is 4.33. The van der Waals surface area contributed by atoms with Crippen LogP contribution in [0.1, 0.15) is 43.4 Å². The molecule has 0 radical (unpaired) electrons. The maximum Gasteiger partial charge on any atom is 0.243 e. The van der Waals surface area contributed by atoms with Gasteiger partial charge in [0.05, 0.1) is 23.0 Å². The van der Waals surface area contributed by atoms with Crippen LogP contribution in [0.4, 0.5) is 10.1 Å². The summed E-state index contributed by atoms with van der Waals surface area (Å²) < 4.78 is 39.1. The zero-order valence-corrected chi connectivity index (χ0v) is 17.6. The van der Waals surface area contributed by atoms with Crippen molar-refractivity contribution in [3.05, 3.63) is 64.4 Å². The van der Waals surface area contributed by atoms with Crippen LogP contribution in [0.25, 0.3) is 0 Å². The van der Waals surface area contributed by atoms with Crippen molar-refractivity contribution in [2.45, 2.75) is 32.2 Å². The molecule has 3 rings (SSSR count). The summed E-state index contributed by atoms with van der Waals surface area (Å²) in [4.78, 5) is 12.6. The summed E-state index contributed by atoms with van der Waals surface area (Å²) >= 11 is 5.79. The largest absolute Gasteiger partial charge is 0.284 e. The average Bonchev–Trinajstić information content (AvgIpc) is 3.09. The number of nitrogens with one attached hydrogen (secondary N) is 1. The van der Waals surface area contributed by atoms with E-state index >= 15 is 0 Å². The Labute approximate surface area is 174 Å². The number of hydrogen-bond acceptors (Lipinski definition) is 4. The van der Waals surface area contributed by atoms with Gasteiger partial charge in [0, 0.05) is 18.5 Å². The molecular formula is C20H21ClFN3O3S. The van der Waals surface area contributed by atoms with Gasteiger partial charge in [-0.15, -0.1) is 0 Å². The van der Waals surface area contributed by atoms with Crippen molar-refractivity contribution >= 4 is 38.9 Å². The Bertz CT molecular complexity index is 1060. The minimum atomic E-state index is -3.37. The highest BCUT2D eigenvalue weighted by Gasteiger charge is 2.33. The molecular weight excluding hydrogens is 417 g/mol. The van der Waals surface area contributed by atoms with Gasteiger partial charge in [-0.1, -0.05) is 36.7 Å². The third-order valence-corrected chi connectivity index (χ3v) is 5.39. The van der Waals surface area contributed by atoms with E-state index in [1.165, 1.54) is 17.1 Å². The van der Waals surface area contributed by atoms with Crippen LogP contribution < -0.4 is 4.72 Å². The zero-order valence-electron chi connectivity index (χ0n) is 16.0. The number of carbonyl (C=O) groups excluding carboxylic acids is 1. The van der Waals surface area contributed by atoms with E-state index in [0.29, 0.717) is 36.2 Å². The van der Waals surface area contributed by atoms with Gasteiger partial charge in [-0.05, 0) is 41.8 Å². The van der Waals surface area contributed by atoms with Crippen LogP contribution in [0.15, 0.2) is 47.6 Å². The second kappa shape index (κ2) is 8.51. The van der Waals surface area contributed by atoms with E-state index < -0.39 is 21.9 Å². The van der Waals surface area contributed by atoms with Gasteiger partial charge in [0.15, 0.2) is 0 Å². The number of nitrogens with zero attached hydrogens (tertiary/aromatic N) is 2. The fourth-order valence-corrected chi connectivity index (χ4v) is 3.85. The Morgan fingerprint density at radius 2 is 1.97 bits per heavy atom. The Kier molecular flexibility index (Phi) is 6.24. The molecule has 1 atom stereocenters. The number of halogens is 2. The number of anilines is 1. The van der Waals surface area contributed by atoms with E-state index in [1.807, 2.05) is 6.92 Å². The van der Waals surface area contributed by atoms with Crippen molar-refractivity contribution in [3.63, 3.8) is 0 Å². The molecule has 1 aliphatic heterocycles. The smallest absolute Gasteiger partial charge is 0.243 e.